The van der Waals surface area contributed by atoms with E-state index in [9.17, 15) is 0 Å². The predicted molar refractivity (Wildman–Crippen MR) is 158 cm³/mol. The highest BCUT2D eigenvalue weighted by Crippen LogP contribution is 2.12. The van der Waals surface area contributed by atoms with E-state index >= 15 is 0 Å². The first-order valence-electron chi connectivity index (χ1n) is 12.7. The number of hydrogen-bond donors (Lipinski definition) is 1. The highest BCUT2D eigenvalue weighted by molar-refractivity contribution is 7.19. The largest absolute Gasteiger partial charge is 0.325 e. The molecule has 0 fully saturated rings. The van der Waals surface area contributed by atoms with E-state index in [4.69, 9.17) is 0 Å². The fourth-order valence-corrected chi connectivity index (χ4v) is 5.05. The molecule has 1 nitrogen and oxygen atoms in total. The Labute approximate surface area is 216 Å². The Balaban J connectivity index is 0.000000375. The first-order valence-corrected chi connectivity index (χ1v) is 12.7. The van der Waals surface area contributed by atoms with Crippen LogP contribution >= 0.6 is 0 Å². The third-order valence-corrected chi connectivity index (χ3v) is 7.15. The zero-order chi connectivity index (χ0) is 25.5. The van der Waals surface area contributed by atoms with Crippen molar-refractivity contribution >= 4 is 33.7 Å². The van der Waals surface area contributed by atoms with E-state index in [1.165, 1.54) is 44.1 Å². The third-order valence-electron chi connectivity index (χ3n) is 7.15. The van der Waals surface area contributed by atoms with Crippen LogP contribution in [-0.2, 0) is 0 Å². The van der Waals surface area contributed by atoms with Gasteiger partial charge >= 0.3 is 0 Å². The smallest absolute Gasteiger partial charge is 0.127 e. The molecule has 0 aliphatic rings. The molecule has 36 heavy (non-hydrogen) atoms. The van der Waals surface area contributed by atoms with Crippen LogP contribution in [0.3, 0.4) is 0 Å². The lowest BCUT2D eigenvalue weighted by molar-refractivity contribution is -0.254. The molecule has 0 aliphatic heterocycles. The van der Waals surface area contributed by atoms with Crippen LogP contribution in [0.1, 0.15) is 22.3 Å². The van der Waals surface area contributed by atoms with Crippen LogP contribution in [0.2, 0.25) is 0 Å². The molecule has 3 N–H and O–H groups in total. The molecule has 0 aromatic heterocycles. The SMILES string of the molecule is Cc1ccc([B-](c2ccc(C)cc2)(c2ccc(C)cc2)c2ccc(C)cc2)cc1.[NH3+]c1ccccc1. The fourth-order valence-electron chi connectivity index (χ4n) is 5.05. The van der Waals surface area contributed by atoms with Crippen LogP contribution in [0.25, 0.3) is 0 Å². The second-order valence-corrected chi connectivity index (χ2v) is 9.99. The summed E-state index contributed by atoms with van der Waals surface area (Å²) in [6.45, 7) is 8.62. The molecule has 0 unspecified atom stereocenters. The van der Waals surface area contributed by atoms with E-state index < -0.39 is 6.15 Å². The van der Waals surface area contributed by atoms with Crippen molar-refractivity contribution in [2.24, 2.45) is 0 Å². The van der Waals surface area contributed by atoms with Crippen LogP contribution in [0.15, 0.2) is 127 Å². The van der Waals surface area contributed by atoms with Gasteiger partial charge in [0.15, 0.2) is 0 Å². The van der Waals surface area contributed by atoms with Crippen molar-refractivity contribution in [1.82, 2.24) is 0 Å². The topological polar surface area (TPSA) is 27.6 Å². The van der Waals surface area contributed by atoms with Gasteiger partial charge in [0.05, 0.1) is 0 Å². The van der Waals surface area contributed by atoms with E-state index in [2.05, 4.69) is 130 Å². The van der Waals surface area contributed by atoms with Gasteiger partial charge in [0.2, 0.25) is 0 Å². The van der Waals surface area contributed by atoms with Gasteiger partial charge in [-0.05, 0) is 39.8 Å². The average molecular weight is 469 g/mol. The Morgan fingerprint density at radius 1 is 0.361 bits per heavy atom. The summed E-state index contributed by atoms with van der Waals surface area (Å²) in [4.78, 5) is 0. The summed E-state index contributed by atoms with van der Waals surface area (Å²) >= 11 is 0. The van der Waals surface area contributed by atoms with Gasteiger partial charge in [-0.25, -0.2) is 0 Å². The fraction of sp³-hybridized carbons (Fsp3) is 0.118. The molecule has 5 aromatic rings. The Morgan fingerprint density at radius 2 is 0.611 bits per heavy atom. The third kappa shape index (κ3) is 5.51. The standard InChI is InChI=1S/C28H28B.C6H7N/c1-21-5-13-25(14-6-21)29(26-15-7-22(2)8-16-26,27-17-9-23(3)10-18-27)28-19-11-24(4)12-20-28;7-6-4-2-1-3-5-6/h5-20H,1-4H3;1-5H,7H2/q-1;/p+1. The number of aryl methyl sites for hydroxylation is 4. The minimum absolute atomic E-state index is 1.07. The molecule has 5 rings (SSSR count). The first-order chi connectivity index (χ1) is 17.4. The summed E-state index contributed by atoms with van der Waals surface area (Å²) in [5.41, 5.74) is 15.4. The van der Waals surface area contributed by atoms with Gasteiger partial charge in [-0.3, -0.25) is 0 Å². The molecule has 180 valence electrons. The maximum atomic E-state index is 3.72. The second kappa shape index (κ2) is 11.2. The molecule has 0 heterocycles. The molecular weight excluding hydrogens is 433 g/mol. The Kier molecular flexibility index (Phi) is 7.88. The van der Waals surface area contributed by atoms with Gasteiger partial charge in [0.25, 0.3) is 0 Å². The van der Waals surface area contributed by atoms with Gasteiger partial charge in [0, 0.05) is 0 Å². The summed E-state index contributed by atoms with van der Waals surface area (Å²) in [5.74, 6) is 0. The number of hydrogen-bond acceptors (Lipinski definition) is 0. The van der Waals surface area contributed by atoms with Crippen molar-refractivity contribution in [2.75, 3.05) is 0 Å². The number of quaternary nitrogens is 1. The Morgan fingerprint density at radius 3 is 0.806 bits per heavy atom. The molecule has 0 atom stereocenters. The van der Waals surface area contributed by atoms with Gasteiger partial charge in [0.1, 0.15) is 11.8 Å². The quantitative estimate of drug-likeness (QED) is 0.364. The number of benzene rings is 5. The molecule has 0 radical (unpaired) electrons. The minimum atomic E-state index is -1.27. The van der Waals surface area contributed by atoms with Crippen molar-refractivity contribution in [2.45, 2.75) is 27.7 Å². The Hall–Kier alpha value is -3.88. The predicted octanol–water partition coefficient (Wildman–Crippen LogP) is 4.86. The maximum Gasteiger partial charge on any atom is 0.127 e. The minimum Gasteiger partial charge on any atom is -0.325 e. The van der Waals surface area contributed by atoms with Crippen molar-refractivity contribution in [3.8, 4) is 0 Å². The lowest BCUT2D eigenvalue weighted by Gasteiger charge is -2.44. The van der Waals surface area contributed by atoms with Crippen LogP contribution in [-0.4, -0.2) is 6.15 Å². The van der Waals surface area contributed by atoms with Crippen LogP contribution in [0.5, 0.6) is 0 Å². The molecule has 5 aromatic carbocycles. The van der Waals surface area contributed by atoms with Crippen molar-refractivity contribution in [1.29, 1.82) is 0 Å². The van der Waals surface area contributed by atoms with Gasteiger partial charge in [-0.15, -0.1) is 0 Å². The highest BCUT2D eigenvalue weighted by atomic mass is 14.5. The summed E-state index contributed by atoms with van der Waals surface area (Å²) in [6.07, 6.45) is -1.27. The zero-order valence-corrected chi connectivity index (χ0v) is 21.9. The lowest BCUT2D eigenvalue weighted by Crippen LogP contribution is -2.74. The maximum absolute atomic E-state index is 3.72. The number of rotatable bonds is 4. The normalized spacial score (nSPS) is 10.9. The summed E-state index contributed by atoms with van der Waals surface area (Å²) in [7, 11) is 0. The van der Waals surface area contributed by atoms with E-state index in [1.54, 1.807) is 0 Å². The molecule has 0 amide bonds. The molecular formula is C34H36BN. The van der Waals surface area contributed by atoms with E-state index in [-0.39, 0.29) is 0 Å². The summed E-state index contributed by atoms with van der Waals surface area (Å²) in [6, 6.07) is 46.3. The molecule has 0 bridgehead atoms. The van der Waals surface area contributed by atoms with E-state index in [1.807, 2.05) is 30.3 Å². The summed E-state index contributed by atoms with van der Waals surface area (Å²) < 4.78 is 0. The van der Waals surface area contributed by atoms with E-state index in [0.29, 0.717) is 0 Å². The van der Waals surface area contributed by atoms with Gasteiger partial charge in [-0.2, -0.15) is 21.9 Å². The first kappa shape index (κ1) is 25.2. The molecule has 0 aliphatic carbocycles. The monoisotopic (exact) mass is 469 g/mol. The molecule has 0 saturated carbocycles. The van der Waals surface area contributed by atoms with Crippen LogP contribution in [0, 0.1) is 27.7 Å². The average Bonchev–Trinajstić information content (AvgIpc) is 2.89. The lowest BCUT2D eigenvalue weighted by atomic mass is 9.13. The second-order valence-electron chi connectivity index (χ2n) is 9.99. The summed E-state index contributed by atoms with van der Waals surface area (Å²) in [5, 5.41) is 0. The highest BCUT2D eigenvalue weighted by Gasteiger charge is 2.31. The van der Waals surface area contributed by atoms with Crippen molar-refractivity contribution < 1.29 is 5.73 Å². The molecule has 2 heteroatoms. The van der Waals surface area contributed by atoms with Gasteiger partial charge < -0.3 is 5.73 Å². The van der Waals surface area contributed by atoms with Gasteiger partial charge in [-0.1, -0.05) is 138 Å². The Bertz CT molecular complexity index is 1180. The zero-order valence-electron chi connectivity index (χ0n) is 21.9. The van der Waals surface area contributed by atoms with Crippen molar-refractivity contribution in [3.63, 3.8) is 0 Å². The van der Waals surface area contributed by atoms with Crippen LogP contribution in [0.4, 0.5) is 5.69 Å². The van der Waals surface area contributed by atoms with E-state index in [0.717, 1.165) is 5.69 Å². The molecule has 0 spiro atoms. The molecule has 0 saturated heterocycles. The van der Waals surface area contributed by atoms with Crippen molar-refractivity contribution in [3.05, 3.63) is 150 Å². The van der Waals surface area contributed by atoms with Crippen LogP contribution < -0.4 is 27.6 Å².